The van der Waals surface area contributed by atoms with Gasteiger partial charge in [0.05, 0.1) is 24.4 Å². The lowest BCUT2D eigenvalue weighted by atomic mass is 9.85. The van der Waals surface area contributed by atoms with Gasteiger partial charge < -0.3 is 14.2 Å². The second-order valence-electron chi connectivity index (χ2n) is 5.46. The van der Waals surface area contributed by atoms with E-state index in [2.05, 4.69) is 6.92 Å². The molecule has 1 fully saturated rings. The summed E-state index contributed by atoms with van der Waals surface area (Å²) in [4.78, 5) is 0. The quantitative estimate of drug-likeness (QED) is 0.689. The van der Waals surface area contributed by atoms with Crippen molar-refractivity contribution in [3.8, 4) is 0 Å². The van der Waals surface area contributed by atoms with Gasteiger partial charge in [0.15, 0.2) is 0 Å². The summed E-state index contributed by atoms with van der Waals surface area (Å²) in [5.41, 5.74) is 0. The average Bonchev–Trinajstić information content (AvgIpc) is 2.44. The predicted molar refractivity (Wildman–Crippen MR) is 69.3 cm³/mol. The first kappa shape index (κ1) is 15.0. The molecule has 1 saturated heterocycles. The molecule has 0 saturated carbocycles. The van der Waals surface area contributed by atoms with Crippen LogP contribution in [0.1, 0.15) is 41.5 Å². The number of hydrogen-bond donors (Lipinski definition) is 0. The van der Waals surface area contributed by atoms with Crippen LogP contribution >= 0.6 is 0 Å². The Hall–Kier alpha value is -0.0551. The average molecular weight is 240 g/mol. The lowest BCUT2D eigenvalue weighted by molar-refractivity contribution is -0.119. The molecule has 2 radical (unpaired) electrons. The molecule has 1 heterocycles. The van der Waals surface area contributed by atoms with E-state index in [-0.39, 0.29) is 42.4 Å². The molecule has 0 amide bonds. The maximum Gasteiger partial charge on any atom is 0.109 e. The molecule has 3 nitrogen and oxygen atoms in total. The van der Waals surface area contributed by atoms with E-state index < -0.39 is 0 Å². The minimum Gasteiger partial charge on any atom is -0.379 e. The number of rotatable bonds is 5. The Kier molecular flexibility index (Phi) is 5.48. The van der Waals surface area contributed by atoms with E-state index in [1.54, 1.807) is 0 Å². The molecule has 1 aliphatic rings. The Labute approximate surface area is 107 Å². The van der Waals surface area contributed by atoms with Crippen LogP contribution in [0.3, 0.4) is 0 Å². The zero-order valence-electron chi connectivity index (χ0n) is 11.8. The van der Waals surface area contributed by atoms with Crippen LogP contribution in [0.4, 0.5) is 0 Å². The van der Waals surface area contributed by atoms with E-state index in [1.165, 1.54) is 0 Å². The fourth-order valence-corrected chi connectivity index (χ4v) is 2.27. The molecule has 4 heteroatoms. The lowest BCUT2D eigenvalue weighted by Crippen LogP contribution is -2.40. The van der Waals surface area contributed by atoms with Crippen molar-refractivity contribution in [1.82, 2.24) is 0 Å². The van der Waals surface area contributed by atoms with Crippen LogP contribution in [-0.4, -0.2) is 44.4 Å². The van der Waals surface area contributed by atoms with Gasteiger partial charge in [-0.15, -0.1) is 0 Å². The Bertz CT molecular complexity index is 233. The maximum atomic E-state index is 5.95. The first-order chi connectivity index (χ1) is 7.82. The summed E-state index contributed by atoms with van der Waals surface area (Å²) < 4.78 is 17.5. The normalized spacial score (nSPS) is 35.8. The van der Waals surface area contributed by atoms with E-state index >= 15 is 0 Å². The minimum absolute atomic E-state index is 0.00486. The largest absolute Gasteiger partial charge is 0.379 e. The summed E-state index contributed by atoms with van der Waals surface area (Å²) in [6, 6.07) is -0.262. The third-order valence-electron chi connectivity index (χ3n) is 3.05. The molecule has 1 rings (SSSR count). The Morgan fingerprint density at radius 1 is 1.06 bits per heavy atom. The molecule has 1 aliphatic heterocycles. The van der Waals surface area contributed by atoms with Crippen molar-refractivity contribution in [2.24, 2.45) is 5.92 Å². The van der Waals surface area contributed by atoms with Crippen molar-refractivity contribution < 1.29 is 14.2 Å². The van der Waals surface area contributed by atoms with Crippen molar-refractivity contribution in [3.05, 3.63) is 0 Å². The van der Waals surface area contributed by atoms with Gasteiger partial charge in [0, 0.05) is 11.9 Å². The highest BCUT2D eigenvalue weighted by Gasteiger charge is 2.43. The third kappa shape index (κ3) is 3.97. The van der Waals surface area contributed by atoms with Gasteiger partial charge in [-0.2, -0.15) is 0 Å². The third-order valence-corrected chi connectivity index (χ3v) is 3.05. The Morgan fingerprint density at radius 3 is 2.12 bits per heavy atom. The standard InChI is InChI=1S/C13H25BO3/c1-7(2)15-10(6)12-11(16-8(3)4)9(5)13(14)17-12/h7-13H,1-6H3/t9?,10?,11-,12-,13-/m1/s1. The van der Waals surface area contributed by atoms with Gasteiger partial charge >= 0.3 is 0 Å². The van der Waals surface area contributed by atoms with Gasteiger partial charge in [-0.05, 0) is 34.6 Å². The molecule has 0 bridgehead atoms. The van der Waals surface area contributed by atoms with Crippen molar-refractivity contribution in [2.45, 2.75) is 78.1 Å². The molecule has 0 aromatic rings. The van der Waals surface area contributed by atoms with E-state index in [0.717, 1.165) is 0 Å². The first-order valence-corrected chi connectivity index (χ1v) is 6.54. The van der Waals surface area contributed by atoms with E-state index in [9.17, 15) is 0 Å². The van der Waals surface area contributed by atoms with Crippen LogP contribution in [0.15, 0.2) is 0 Å². The Morgan fingerprint density at radius 2 is 1.65 bits per heavy atom. The van der Waals surface area contributed by atoms with Crippen LogP contribution in [-0.2, 0) is 14.2 Å². The van der Waals surface area contributed by atoms with Gasteiger partial charge in [0.2, 0.25) is 0 Å². The fraction of sp³-hybridized carbons (Fsp3) is 1.00. The van der Waals surface area contributed by atoms with Crippen LogP contribution in [0, 0.1) is 5.92 Å². The SMILES string of the molecule is [B][C@@H]1O[C@H](C(C)OC(C)C)[C@H](OC(C)C)C1C. The summed E-state index contributed by atoms with van der Waals surface area (Å²) >= 11 is 0. The zero-order valence-corrected chi connectivity index (χ0v) is 11.8. The zero-order chi connectivity index (χ0) is 13.2. The monoisotopic (exact) mass is 240 g/mol. The van der Waals surface area contributed by atoms with Crippen molar-refractivity contribution in [1.29, 1.82) is 0 Å². The molecule has 0 aliphatic carbocycles. The summed E-state index contributed by atoms with van der Waals surface area (Å²) in [5.74, 6) is 0.195. The number of ether oxygens (including phenoxy) is 3. The highest BCUT2D eigenvalue weighted by molar-refractivity contribution is 6.11. The topological polar surface area (TPSA) is 27.7 Å². The van der Waals surface area contributed by atoms with Crippen LogP contribution in [0.5, 0.6) is 0 Å². The van der Waals surface area contributed by atoms with Crippen LogP contribution in [0.25, 0.3) is 0 Å². The molecule has 17 heavy (non-hydrogen) atoms. The van der Waals surface area contributed by atoms with E-state index in [0.29, 0.717) is 0 Å². The van der Waals surface area contributed by atoms with Gasteiger partial charge in [-0.1, -0.05) is 6.92 Å². The summed E-state index contributed by atoms with van der Waals surface area (Å²) in [6.45, 7) is 12.2. The van der Waals surface area contributed by atoms with Crippen LogP contribution in [0.2, 0.25) is 0 Å². The Balaban J connectivity index is 2.67. The molecular formula is C13H25BO3. The molecule has 0 aromatic carbocycles. The first-order valence-electron chi connectivity index (χ1n) is 6.54. The minimum atomic E-state index is -0.262. The molecular weight excluding hydrogens is 215 g/mol. The highest BCUT2D eigenvalue weighted by atomic mass is 16.6. The van der Waals surface area contributed by atoms with E-state index in [4.69, 9.17) is 22.1 Å². The second-order valence-corrected chi connectivity index (χ2v) is 5.46. The summed E-state index contributed by atoms with van der Waals surface area (Å²) in [5, 5.41) is 0. The van der Waals surface area contributed by atoms with Crippen molar-refractivity contribution >= 4 is 7.85 Å². The summed E-state index contributed by atoms with van der Waals surface area (Å²) in [6.07, 6.45) is 0.281. The second kappa shape index (κ2) is 6.21. The number of hydrogen-bond acceptors (Lipinski definition) is 3. The molecule has 2 unspecified atom stereocenters. The summed E-state index contributed by atoms with van der Waals surface area (Å²) in [7, 11) is 5.95. The molecule has 0 spiro atoms. The van der Waals surface area contributed by atoms with Gasteiger partial charge in [0.1, 0.15) is 14.0 Å². The van der Waals surface area contributed by atoms with Crippen molar-refractivity contribution in [2.75, 3.05) is 0 Å². The van der Waals surface area contributed by atoms with E-state index in [1.807, 2.05) is 34.6 Å². The molecule has 5 atom stereocenters. The fourth-order valence-electron chi connectivity index (χ4n) is 2.27. The molecule has 98 valence electrons. The van der Waals surface area contributed by atoms with Gasteiger partial charge in [-0.3, -0.25) is 0 Å². The highest BCUT2D eigenvalue weighted by Crippen LogP contribution is 2.31. The predicted octanol–water partition coefficient (Wildman–Crippen LogP) is 2.12. The smallest absolute Gasteiger partial charge is 0.109 e. The van der Waals surface area contributed by atoms with Crippen LogP contribution < -0.4 is 0 Å². The maximum absolute atomic E-state index is 5.95. The molecule has 0 aromatic heterocycles. The lowest BCUT2D eigenvalue weighted by Gasteiger charge is -2.29. The molecule has 0 N–H and O–H groups in total. The van der Waals surface area contributed by atoms with Gasteiger partial charge in [-0.25, -0.2) is 0 Å². The van der Waals surface area contributed by atoms with Gasteiger partial charge in [0.25, 0.3) is 0 Å². The van der Waals surface area contributed by atoms with Crippen molar-refractivity contribution in [3.63, 3.8) is 0 Å².